The molecular weight excluding hydrogens is 258 g/mol. The van der Waals surface area contributed by atoms with Crippen molar-refractivity contribution in [3.63, 3.8) is 0 Å². The minimum absolute atomic E-state index is 0.504. The van der Waals surface area contributed by atoms with Gasteiger partial charge in [0.2, 0.25) is 0 Å². The Kier molecular flexibility index (Phi) is 3.84. The molecule has 2 aromatic rings. The molecule has 0 aliphatic carbocycles. The number of anilines is 2. The maximum atomic E-state index is 5.90. The Hall–Kier alpha value is -2.00. The Morgan fingerprint density at radius 3 is 2.76 bits per heavy atom. The van der Waals surface area contributed by atoms with Crippen molar-refractivity contribution < 1.29 is 0 Å². The number of fused-ring (bicyclic) bond motifs is 1. The summed E-state index contributed by atoms with van der Waals surface area (Å²) in [5.74, 6) is 0. The van der Waals surface area contributed by atoms with E-state index >= 15 is 0 Å². The molecule has 3 rings (SSSR count). The van der Waals surface area contributed by atoms with Crippen LogP contribution >= 0.6 is 0 Å². The van der Waals surface area contributed by atoms with Gasteiger partial charge in [0.1, 0.15) is 0 Å². The van der Waals surface area contributed by atoms with Crippen LogP contribution in [0.15, 0.2) is 48.5 Å². The Morgan fingerprint density at radius 2 is 1.95 bits per heavy atom. The molecule has 3 nitrogen and oxygen atoms in total. The SMILES string of the molecule is CC1CN(C)c2ccccc2CN1Cc1cccc(N)c1. The number of benzene rings is 2. The van der Waals surface area contributed by atoms with Crippen molar-refractivity contribution in [2.45, 2.75) is 26.1 Å². The Labute approximate surface area is 127 Å². The highest BCUT2D eigenvalue weighted by molar-refractivity contribution is 5.54. The molecule has 21 heavy (non-hydrogen) atoms. The van der Waals surface area contributed by atoms with Crippen molar-refractivity contribution in [1.82, 2.24) is 4.90 Å². The molecule has 1 aliphatic rings. The standard InChI is InChI=1S/C18H23N3/c1-14-11-20(2)18-9-4-3-7-16(18)13-21(14)12-15-6-5-8-17(19)10-15/h3-10,14H,11-13,19H2,1-2H3. The van der Waals surface area contributed by atoms with E-state index in [1.807, 2.05) is 12.1 Å². The molecule has 3 heteroatoms. The van der Waals surface area contributed by atoms with E-state index < -0.39 is 0 Å². The summed E-state index contributed by atoms with van der Waals surface area (Å²) in [6.45, 7) is 5.26. The van der Waals surface area contributed by atoms with E-state index in [1.165, 1.54) is 16.8 Å². The predicted octanol–water partition coefficient (Wildman–Crippen LogP) is 3.11. The van der Waals surface area contributed by atoms with E-state index in [1.54, 1.807) is 0 Å². The van der Waals surface area contributed by atoms with Crippen molar-refractivity contribution >= 4 is 11.4 Å². The molecule has 1 atom stereocenters. The summed E-state index contributed by atoms with van der Waals surface area (Å²) in [6.07, 6.45) is 0. The highest BCUT2D eigenvalue weighted by Gasteiger charge is 2.22. The van der Waals surface area contributed by atoms with Gasteiger partial charge in [-0.3, -0.25) is 4.90 Å². The lowest BCUT2D eigenvalue weighted by Crippen LogP contribution is -2.37. The van der Waals surface area contributed by atoms with E-state index in [0.717, 1.165) is 25.3 Å². The van der Waals surface area contributed by atoms with E-state index in [4.69, 9.17) is 5.73 Å². The number of hydrogen-bond acceptors (Lipinski definition) is 3. The van der Waals surface area contributed by atoms with Crippen LogP contribution in [-0.4, -0.2) is 24.5 Å². The predicted molar refractivity (Wildman–Crippen MR) is 89.3 cm³/mol. The highest BCUT2D eigenvalue weighted by Crippen LogP contribution is 2.27. The van der Waals surface area contributed by atoms with Gasteiger partial charge in [-0.05, 0) is 36.2 Å². The fourth-order valence-corrected chi connectivity index (χ4v) is 3.14. The smallest absolute Gasteiger partial charge is 0.0409 e. The minimum Gasteiger partial charge on any atom is -0.399 e. The molecule has 0 fully saturated rings. The second-order valence-corrected chi connectivity index (χ2v) is 6.01. The monoisotopic (exact) mass is 281 g/mol. The zero-order chi connectivity index (χ0) is 14.8. The first-order chi connectivity index (χ1) is 10.1. The molecule has 2 N–H and O–H groups in total. The summed E-state index contributed by atoms with van der Waals surface area (Å²) >= 11 is 0. The van der Waals surface area contributed by atoms with Crippen LogP contribution in [0.2, 0.25) is 0 Å². The normalized spacial score (nSPS) is 19.1. The zero-order valence-corrected chi connectivity index (χ0v) is 12.8. The molecule has 1 unspecified atom stereocenters. The highest BCUT2D eigenvalue weighted by atomic mass is 15.2. The summed E-state index contributed by atoms with van der Waals surface area (Å²) in [5.41, 5.74) is 10.8. The average molecular weight is 281 g/mol. The van der Waals surface area contributed by atoms with Gasteiger partial charge in [0.25, 0.3) is 0 Å². The molecule has 0 radical (unpaired) electrons. The van der Waals surface area contributed by atoms with Crippen LogP contribution in [0.5, 0.6) is 0 Å². The first kappa shape index (κ1) is 14.0. The summed E-state index contributed by atoms with van der Waals surface area (Å²) in [4.78, 5) is 4.89. The number of nitrogens with two attached hydrogens (primary N) is 1. The second-order valence-electron chi connectivity index (χ2n) is 6.01. The number of nitrogen functional groups attached to an aromatic ring is 1. The van der Waals surface area contributed by atoms with Gasteiger partial charge < -0.3 is 10.6 Å². The Bertz CT molecular complexity index is 623. The molecule has 1 aliphatic heterocycles. The molecule has 1 heterocycles. The Morgan fingerprint density at radius 1 is 1.14 bits per heavy atom. The van der Waals surface area contributed by atoms with Crippen LogP contribution in [0.4, 0.5) is 11.4 Å². The molecule has 0 saturated heterocycles. The van der Waals surface area contributed by atoms with Gasteiger partial charge in [-0.2, -0.15) is 0 Å². The molecule has 0 bridgehead atoms. The van der Waals surface area contributed by atoms with Gasteiger partial charge >= 0.3 is 0 Å². The first-order valence-corrected chi connectivity index (χ1v) is 7.51. The topological polar surface area (TPSA) is 32.5 Å². The number of para-hydroxylation sites is 1. The molecule has 0 spiro atoms. The molecule has 110 valence electrons. The van der Waals surface area contributed by atoms with E-state index in [9.17, 15) is 0 Å². The molecule has 0 amide bonds. The van der Waals surface area contributed by atoms with Crippen LogP contribution in [0.1, 0.15) is 18.1 Å². The van der Waals surface area contributed by atoms with Crippen LogP contribution < -0.4 is 10.6 Å². The van der Waals surface area contributed by atoms with Gasteiger partial charge in [0.15, 0.2) is 0 Å². The lowest BCUT2D eigenvalue weighted by atomic mass is 10.1. The van der Waals surface area contributed by atoms with Crippen LogP contribution in [0.3, 0.4) is 0 Å². The quantitative estimate of drug-likeness (QED) is 0.859. The fraction of sp³-hybridized carbons (Fsp3) is 0.333. The van der Waals surface area contributed by atoms with Gasteiger partial charge in [-0.25, -0.2) is 0 Å². The molecular formula is C18H23N3. The van der Waals surface area contributed by atoms with Crippen LogP contribution in [0, 0.1) is 0 Å². The molecule has 0 saturated carbocycles. The van der Waals surface area contributed by atoms with Gasteiger partial charge in [-0.15, -0.1) is 0 Å². The number of hydrogen-bond donors (Lipinski definition) is 1. The lowest BCUT2D eigenvalue weighted by Gasteiger charge is -2.28. The number of rotatable bonds is 2. The first-order valence-electron chi connectivity index (χ1n) is 7.51. The van der Waals surface area contributed by atoms with Crippen molar-refractivity contribution in [3.8, 4) is 0 Å². The summed E-state index contributed by atoms with van der Waals surface area (Å²) in [7, 11) is 2.18. The summed E-state index contributed by atoms with van der Waals surface area (Å²) < 4.78 is 0. The van der Waals surface area contributed by atoms with E-state index in [2.05, 4.69) is 60.2 Å². The van der Waals surface area contributed by atoms with Crippen LogP contribution in [0.25, 0.3) is 0 Å². The minimum atomic E-state index is 0.504. The second kappa shape index (κ2) is 5.78. The van der Waals surface area contributed by atoms with E-state index in [-0.39, 0.29) is 0 Å². The third-order valence-corrected chi connectivity index (χ3v) is 4.27. The van der Waals surface area contributed by atoms with Crippen LogP contribution in [-0.2, 0) is 13.1 Å². The Balaban J connectivity index is 1.86. The average Bonchev–Trinajstić information content (AvgIpc) is 2.57. The van der Waals surface area contributed by atoms with Crippen molar-refractivity contribution in [2.24, 2.45) is 0 Å². The van der Waals surface area contributed by atoms with Crippen molar-refractivity contribution in [1.29, 1.82) is 0 Å². The summed E-state index contributed by atoms with van der Waals surface area (Å²) in [6, 6.07) is 17.4. The zero-order valence-electron chi connectivity index (χ0n) is 12.8. The maximum Gasteiger partial charge on any atom is 0.0409 e. The van der Waals surface area contributed by atoms with Crippen molar-refractivity contribution in [2.75, 3.05) is 24.2 Å². The fourth-order valence-electron chi connectivity index (χ4n) is 3.14. The lowest BCUT2D eigenvalue weighted by molar-refractivity contribution is 0.200. The van der Waals surface area contributed by atoms with Gasteiger partial charge in [0.05, 0.1) is 0 Å². The third kappa shape index (κ3) is 3.03. The van der Waals surface area contributed by atoms with E-state index in [0.29, 0.717) is 6.04 Å². The maximum absolute atomic E-state index is 5.90. The number of nitrogens with zero attached hydrogens (tertiary/aromatic N) is 2. The molecule has 0 aromatic heterocycles. The van der Waals surface area contributed by atoms with Gasteiger partial charge in [-0.1, -0.05) is 30.3 Å². The van der Waals surface area contributed by atoms with Crippen molar-refractivity contribution in [3.05, 3.63) is 59.7 Å². The molecule has 2 aromatic carbocycles. The van der Waals surface area contributed by atoms with Gasteiger partial charge in [0, 0.05) is 44.1 Å². The largest absolute Gasteiger partial charge is 0.399 e. The summed E-state index contributed by atoms with van der Waals surface area (Å²) in [5, 5.41) is 0. The third-order valence-electron chi connectivity index (χ3n) is 4.27. The number of likely N-dealkylation sites (N-methyl/N-ethyl adjacent to an activating group) is 1.